The first-order valence-corrected chi connectivity index (χ1v) is 4.36. The van der Waals surface area contributed by atoms with E-state index in [0.29, 0.717) is 24.1 Å². The molecule has 0 aromatic heterocycles. The molecular formula is C11H12FNO. The number of aliphatic hydroxyl groups excluding tert-OH is 1. The van der Waals surface area contributed by atoms with Gasteiger partial charge in [-0.05, 0) is 17.7 Å². The average Bonchev–Trinajstić information content (AvgIpc) is 2.20. The minimum atomic E-state index is -0.402. The second-order valence-corrected chi connectivity index (χ2v) is 2.81. The van der Waals surface area contributed by atoms with E-state index in [1.54, 1.807) is 12.1 Å². The molecule has 1 rings (SSSR count). The molecule has 0 aliphatic carbocycles. The molecule has 0 amide bonds. The predicted molar refractivity (Wildman–Crippen MR) is 52.9 cm³/mol. The summed E-state index contributed by atoms with van der Waals surface area (Å²) in [4.78, 5) is 0. The van der Waals surface area contributed by atoms with Crippen LogP contribution in [-0.2, 0) is 6.61 Å². The molecule has 0 bridgehead atoms. The quantitative estimate of drug-likeness (QED) is 0.689. The van der Waals surface area contributed by atoms with Gasteiger partial charge in [0.1, 0.15) is 5.82 Å². The fourth-order valence-corrected chi connectivity index (χ4v) is 0.988. The first kappa shape index (κ1) is 10.7. The molecule has 14 heavy (non-hydrogen) atoms. The fraction of sp³-hybridized carbons (Fsp3) is 0.273. The van der Waals surface area contributed by atoms with Crippen LogP contribution in [0.1, 0.15) is 17.5 Å². The van der Waals surface area contributed by atoms with Gasteiger partial charge in [-0.1, -0.05) is 17.9 Å². The molecule has 0 saturated carbocycles. The van der Waals surface area contributed by atoms with Crippen LogP contribution < -0.4 is 5.73 Å². The van der Waals surface area contributed by atoms with Gasteiger partial charge in [-0.15, -0.1) is 0 Å². The van der Waals surface area contributed by atoms with Crippen LogP contribution >= 0.6 is 0 Å². The number of hydrogen-bond acceptors (Lipinski definition) is 2. The third-order valence-corrected chi connectivity index (χ3v) is 1.71. The third kappa shape index (κ3) is 2.84. The average molecular weight is 193 g/mol. The number of halogens is 1. The SMILES string of the molecule is NCCC#Cc1ccc(CO)cc1F. The van der Waals surface area contributed by atoms with Crippen molar-refractivity contribution in [3.05, 3.63) is 35.1 Å². The largest absolute Gasteiger partial charge is 0.392 e. The summed E-state index contributed by atoms with van der Waals surface area (Å²) in [6, 6.07) is 4.49. The van der Waals surface area contributed by atoms with E-state index in [1.807, 2.05) is 0 Å². The monoisotopic (exact) mass is 193 g/mol. The maximum absolute atomic E-state index is 13.2. The summed E-state index contributed by atoms with van der Waals surface area (Å²) < 4.78 is 13.2. The van der Waals surface area contributed by atoms with Crippen LogP contribution in [0.2, 0.25) is 0 Å². The Balaban J connectivity index is 2.85. The summed E-state index contributed by atoms with van der Waals surface area (Å²) in [5.41, 5.74) is 6.14. The van der Waals surface area contributed by atoms with E-state index in [-0.39, 0.29) is 6.61 Å². The molecule has 3 heteroatoms. The number of nitrogens with two attached hydrogens (primary N) is 1. The Bertz CT molecular complexity index is 365. The molecule has 0 spiro atoms. The highest BCUT2D eigenvalue weighted by Crippen LogP contribution is 2.09. The zero-order valence-electron chi connectivity index (χ0n) is 7.76. The first-order valence-electron chi connectivity index (χ1n) is 4.36. The van der Waals surface area contributed by atoms with Gasteiger partial charge in [-0.2, -0.15) is 0 Å². The van der Waals surface area contributed by atoms with Crippen molar-refractivity contribution in [1.29, 1.82) is 0 Å². The molecule has 0 saturated heterocycles. The van der Waals surface area contributed by atoms with E-state index in [1.165, 1.54) is 6.07 Å². The van der Waals surface area contributed by atoms with Crippen molar-refractivity contribution >= 4 is 0 Å². The van der Waals surface area contributed by atoms with E-state index in [0.717, 1.165) is 0 Å². The van der Waals surface area contributed by atoms with Crippen molar-refractivity contribution in [2.75, 3.05) is 6.54 Å². The van der Waals surface area contributed by atoms with Gasteiger partial charge in [0.25, 0.3) is 0 Å². The van der Waals surface area contributed by atoms with Crippen LogP contribution in [0.25, 0.3) is 0 Å². The lowest BCUT2D eigenvalue weighted by Gasteiger charge is -1.97. The number of benzene rings is 1. The van der Waals surface area contributed by atoms with Gasteiger partial charge in [0.05, 0.1) is 12.2 Å². The van der Waals surface area contributed by atoms with E-state index < -0.39 is 5.82 Å². The van der Waals surface area contributed by atoms with E-state index in [9.17, 15) is 4.39 Å². The highest BCUT2D eigenvalue weighted by molar-refractivity contribution is 5.37. The van der Waals surface area contributed by atoms with Crippen molar-refractivity contribution < 1.29 is 9.50 Å². The fourth-order valence-electron chi connectivity index (χ4n) is 0.988. The highest BCUT2D eigenvalue weighted by Gasteiger charge is 1.99. The first-order chi connectivity index (χ1) is 6.77. The van der Waals surface area contributed by atoms with Gasteiger partial charge < -0.3 is 10.8 Å². The van der Waals surface area contributed by atoms with Crippen molar-refractivity contribution in [1.82, 2.24) is 0 Å². The summed E-state index contributed by atoms with van der Waals surface area (Å²) in [6.07, 6.45) is 0.557. The molecule has 0 radical (unpaired) electrons. The lowest BCUT2D eigenvalue weighted by atomic mass is 10.1. The van der Waals surface area contributed by atoms with Crippen molar-refractivity contribution in [2.45, 2.75) is 13.0 Å². The smallest absolute Gasteiger partial charge is 0.139 e. The Morgan fingerprint density at radius 3 is 2.79 bits per heavy atom. The normalized spacial score (nSPS) is 9.36. The van der Waals surface area contributed by atoms with Crippen molar-refractivity contribution in [3.8, 4) is 11.8 Å². The predicted octanol–water partition coefficient (Wildman–Crippen LogP) is 1.02. The number of hydrogen-bond donors (Lipinski definition) is 2. The van der Waals surface area contributed by atoms with Crippen molar-refractivity contribution in [2.24, 2.45) is 5.73 Å². The molecule has 0 aliphatic rings. The number of aliphatic hydroxyl groups is 1. The zero-order chi connectivity index (χ0) is 10.4. The summed E-state index contributed by atoms with van der Waals surface area (Å²) >= 11 is 0. The van der Waals surface area contributed by atoms with Gasteiger partial charge in [-0.3, -0.25) is 0 Å². The molecule has 3 N–H and O–H groups in total. The molecule has 2 nitrogen and oxygen atoms in total. The van der Waals surface area contributed by atoms with Gasteiger partial charge >= 0.3 is 0 Å². The second kappa shape index (κ2) is 5.38. The summed E-state index contributed by atoms with van der Waals surface area (Å²) in [7, 11) is 0. The molecule has 74 valence electrons. The van der Waals surface area contributed by atoms with E-state index in [2.05, 4.69) is 11.8 Å². The molecule has 0 fully saturated rings. The molecule has 0 unspecified atom stereocenters. The van der Waals surface area contributed by atoms with Crippen LogP contribution in [-0.4, -0.2) is 11.7 Å². The molecule has 0 atom stereocenters. The Hall–Kier alpha value is -1.37. The topological polar surface area (TPSA) is 46.2 Å². The minimum absolute atomic E-state index is 0.159. The van der Waals surface area contributed by atoms with Crippen LogP contribution in [0, 0.1) is 17.7 Å². The van der Waals surface area contributed by atoms with E-state index in [4.69, 9.17) is 10.8 Å². The van der Waals surface area contributed by atoms with Crippen LogP contribution in [0.4, 0.5) is 4.39 Å². The molecular weight excluding hydrogens is 181 g/mol. The van der Waals surface area contributed by atoms with Crippen LogP contribution in [0.15, 0.2) is 18.2 Å². The Kier molecular flexibility index (Phi) is 4.11. The van der Waals surface area contributed by atoms with Gasteiger partial charge in [0.15, 0.2) is 0 Å². The number of rotatable bonds is 2. The summed E-state index contributed by atoms with van der Waals surface area (Å²) in [5, 5.41) is 8.75. The van der Waals surface area contributed by atoms with Crippen LogP contribution in [0.3, 0.4) is 0 Å². The molecule has 1 aromatic rings. The minimum Gasteiger partial charge on any atom is -0.392 e. The Labute approximate surface area is 82.6 Å². The van der Waals surface area contributed by atoms with Gasteiger partial charge in [-0.25, -0.2) is 4.39 Å². The molecule has 0 heterocycles. The maximum atomic E-state index is 13.2. The van der Waals surface area contributed by atoms with Crippen LogP contribution in [0.5, 0.6) is 0 Å². The lowest BCUT2D eigenvalue weighted by Crippen LogP contribution is -1.95. The Morgan fingerprint density at radius 1 is 1.43 bits per heavy atom. The zero-order valence-corrected chi connectivity index (χ0v) is 7.76. The van der Waals surface area contributed by atoms with Gasteiger partial charge in [0, 0.05) is 13.0 Å². The van der Waals surface area contributed by atoms with Crippen molar-refractivity contribution in [3.63, 3.8) is 0 Å². The molecule has 0 aliphatic heterocycles. The molecule has 1 aromatic carbocycles. The lowest BCUT2D eigenvalue weighted by molar-refractivity contribution is 0.281. The highest BCUT2D eigenvalue weighted by atomic mass is 19.1. The Morgan fingerprint density at radius 2 is 2.21 bits per heavy atom. The second-order valence-electron chi connectivity index (χ2n) is 2.81. The maximum Gasteiger partial charge on any atom is 0.139 e. The third-order valence-electron chi connectivity index (χ3n) is 1.71. The summed E-state index contributed by atoms with van der Waals surface area (Å²) in [5.74, 6) is 5.03. The summed E-state index contributed by atoms with van der Waals surface area (Å²) in [6.45, 7) is 0.316. The van der Waals surface area contributed by atoms with Gasteiger partial charge in [0.2, 0.25) is 0 Å². The standard InChI is InChI=1S/C11H12FNO/c12-11-7-9(8-14)4-5-10(11)3-1-2-6-13/h4-5,7,14H,2,6,8,13H2. The van der Waals surface area contributed by atoms with E-state index >= 15 is 0 Å².